The van der Waals surface area contributed by atoms with E-state index in [9.17, 15) is 0 Å². The average Bonchev–Trinajstić information content (AvgIpc) is 2.28. The summed E-state index contributed by atoms with van der Waals surface area (Å²) in [5, 5.41) is 15.4. The molecule has 1 aromatic carbocycles. The van der Waals surface area contributed by atoms with Gasteiger partial charge < -0.3 is 0 Å². The molecule has 0 fully saturated rings. The van der Waals surface area contributed by atoms with Crippen LogP contribution >= 0.6 is 0 Å². The summed E-state index contributed by atoms with van der Waals surface area (Å²) in [6.45, 7) is 3.63. The van der Waals surface area contributed by atoms with E-state index in [2.05, 4.69) is 6.58 Å². The van der Waals surface area contributed by atoms with Gasteiger partial charge in [0.2, 0.25) is 0 Å². The van der Waals surface area contributed by atoms with Crippen molar-refractivity contribution in [3.8, 4) is 12.1 Å². The predicted molar refractivity (Wildman–Crippen MR) is 56.9 cm³/mol. The molecule has 0 spiro atoms. The van der Waals surface area contributed by atoms with Crippen LogP contribution in [0.1, 0.15) is 5.56 Å². The van der Waals surface area contributed by atoms with Crippen molar-refractivity contribution in [3.63, 3.8) is 0 Å². The molecule has 0 saturated heterocycles. The van der Waals surface area contributed by atoms with Gasteiger partial charge in [-0.25, -0.2) is 0 Å². The second kappa shape index (κ2) is 8.77. The fourth-order valence-electron chi connectivity index (χ4n) is 0.664. The molecule has 0 amide bonds. The number of hydrogen-bond donors (Lipinski definition) is 0. The Hall–Kier alpha value is -2.32. The zero-order valence-electron chi connectivity index (χ0n) is 7.72. The first kappa shape index (κ1) is 11.7. The van der Waals surface area contributed by atoms with E-state index < -0.39 is 0 Å². The minimum atomic E-state index is 1.12. The molecular formula is C12H10N2. The van der Waals surface area contributed by atoms with Crippen LogP contribution in [-0.4, -0.2) is 0 Å². The third kappa shape index (κ3) is 6.39. The molecule has 0 aliphatic rings. The molecule has 2 heteroatoms. The molecule has 14 heavy (non-hydrogen) atoms. The summed E-state index contributed by atoms with van der Waals surface area (Å²) in [7, 11) is 0. The highest BCUT2D eigenvalue weighted by atomic mass is 14.2. The van der Waals surface area contributed by atoms with Gasteiger partial charge >= 0.3 is 0 Å². The number of nitriles is 2. The van der Waals surface area contributed by atoms with Crippen LogP contribution in [-0.2, 0) is 0 Å². The average molecular weight is 182 g/mol. The number of hydrogen-bond acceptors (Lipinski definition) is 2. The van der Waals surface area contributed by atoms with E-state index in [1.165, 1.54) is 5.56 Å². The third-order valence-electron chi connectivity index (χ3n) is 1.27. The molecule has 1 rings (SSSR count). The summed E-state index contributed by atoms with van der Waals surface area (Å²) in [5.41, 5.74) is 1.17. The highest BCUT2D eigenvalue weighted by Crippen LogP contribution is 1.97. The van der Waals surface area contributed by atoms with Gasteiger partial charge in [-0.2, -0.15) is 10.5 Å². The van der Waals surface area contributed by atoms with E-state index >= 15 is 0 Å². The Labute approximate surface area is 84.0 Å². The maximum Gasteiger partial charge on any atom is 0.0919 e. The Balaban J connectivity index is 0.000000255. The zero-order valence-corrected chi connectivity index (χ0v) is 7.72. The van der Waals surface area contributed by atoms with Crippen LogP contribution in [0.4, 0.5) is 0 Å². The molecule has 2 nitrogen and oxygen atoms in total. The van der Waals surface area contributed by atoms with Gasteiger partial charge in [0.1, 0.15) is 0 Å². The molecule has 0 N–H and O–H groups in total. The van der Waals surface area contributed by atoms with Gasteiger partial charge in [0.15, 0.2) is 0 Å². The second-order valence-electron chi connectivity index (χ2n) is 2.21. The van der Waals surface area contributed by atoms with Crippen molar-refractivity contribution < 1.29 is 0 Å². The monoisotopic (exact) mass is 182 g/mol. The molecule has 0 aromatic heterocycles. The minimum absolute atomic E-state index is 1.12. The fraction of sp³-hybridized carbons (Fsp3) is 0. The van der Waals surface area contributed by atoms with Gasteiger partial charge in [-0.15, -0.1) is 0 Å². The van der Waals surface area contributed by atoms with Crippen molar-refractivity contribution in [3.05, 3.63) is 54.6 Å². The topological polar surface area (TPSA) is 47.6 Å². The van der Waals surface area contributed by atoms with E-state index in [1.807, 2.05) is 36.4 Å². The first-order valence-electron chi connectivity index (χ1n) is 3.97. The van der Waals surface area contributed by atoms with Crippen LogP contribution < -0.4 is 0 Å². The smallest absolute Gasteiger partial charge is 0.0919 e. The summed E-state index contributed by atoms with van der Waals surface area (Å²) in [5.74, 6) is 0. The largest absolute Gasteiger partial charge is 0.193 e. The summed E-state index contributed by atoms with van der Waals surface area (Å²) < 4.78 is 0. The van der Waals surface area contributed by atoms with Crippen molar-refractivity contribution >= 4 is 6.08 Å². The second-order valence-corrected chi connectivity index (χ2v) is 2.21. The quantitative estimate of drug-likeness (QED) is 0.627. The van der Waals surface area contributed by atoms with Crippen LogP contribution in [0.3, 0.4) is 0 Å². The van der Waals surface area contributed by atoms with Crippen molar-refractivity contribution in [2.45, 2.75) is 0 Å². The maximum absolute atomic E-state index is 7.71. The molecule has 0 radical (unpaired) electrons. The lowest BCUT2D eigenvalue weighted by molar-refractivity contribution is 1.52. The summed E-state index contributed by atoms with van der Waals surface area (Å²) in [6.07, 6.45) is 4.08. The standard InChI is InChI=1S/C8H8.C4H2N2/c1-2-8-6-4-3-5-7-8;5-3-1-2-4-6/h2-7H,1H2;1-2H/b;2-1+. The van der Waals surface area contributed by atoms with Crippen molar-refractivity contribution in [1.29, 1.82) is 10.5 Å². The van der Waals surface area contributed by atoms with Gasteiger partial charge in [0.25, 0.3) is 0 Å². The predicted octanol–water partition coefficient (Wildman–Crippen LogP) is 2.92. The molecule has 0 atom stereocenters. The molecule has 68 valence electrons. The molecule has 0 aliphatic carbocycles. The molecule has 0 heterocycles. The normalized spacial score (nSPS) is 7.86. The zero-order chi connectivity index (χ0) is 10.6. The molecule has 1 aromatic rings. The highest BCUT2D eigenvalue weighted by molar-refractivity contribution is 5.45. The molecule has 0 aliphatic heterocycles. The molecule has 0 unspecified atom stereocenters. The Morgan fingerprint density at radius 1 is 1.00 bits per heavy atom. The lowest BCUT2D eigenvalue weighted by Gasteiger charge is -1.85. The molecular weight excluding hydrogens is 172 g/mol. The molecule has 0 saturated carbocycles. The SMILES string of the molecule is C=Cc1ccccc1.N#C/C=C/C#N. The van der Waals surface area contributed by atoms with Crippen LogP contribution in [0.5, 0.6) is 0 Å². The molecule has 0 bridgehead atoms. The lowest BCUT2D eigenvalue weighted by atomic mass is 10.2. The van der Waals surface area contributed by atoms with Gasteiger partial charge in [0, 0.05) is 12.2 Å². The lowest BCUT2D eigenvalue weighted by Crippen LogP contribution is -1.63. The van der Waals surface area contributed by atoms with E-state index in [0.29, 0.717) is 0 Å². The van der Waals surface area contributed by atoms with Gasteiger partial charge in [-0.05, 0) is 5.56 Å². The van der Waals surface area contributed by atoms with Crippen molar-refractivity contribution in [2.75, 3.05) is 0 Å². The third-order valence-corrected chi connectivity index (χ3v) is 1.27. The number of benzene rings is 1. The van der Waals surface area contributed by atoms with E-state index in [4.69, 9.17) is 10.5 Å². The number of rotatable bonds is 1. The number of allylic oxidation sites excluding steroid dienone is 2. The Morgan fingerprint density at radius 2 is 1.50 bits per heavy atom. The minimum Gasteiger partial charge on any atom is -0.193 e. The van der Waals surface area contributed by atoms with Gasteiger partial charge in [-0.3, -0.25) is 0 Å². The van der Waals surface area contributed by atoms with E-state index in [1.54, 1.807) is 12.1 Å². The van der Waals surface area contributed by atoms with E-state index in [-0.39, 0.29) is 0 Å². The fourth-order valence-corrected chi connectivity index (χ4v) is 0.664. The van der Waals surface area contributed by atoms with Gasteiger partial charge in [-0.1, -0.05) is 43.0 Å². The first-order valence-corrected chi connectivity index (χ1v) is 3.97. The van der Waals surface area contributed by atoms with Crippen LogP contribution in [0.2, 0.25) is 0 Å². The van der Waals surface area contributed by atoms with Crippen LogP contribution in [0.25, 0.3) is 6.08 Å². The van der Waals surface area contributed by atoms with E-state index in [0.717, 1.165) is 12.2 Å². The first-order chi connectivity index (χ1) is 6.85. The summed E-state index contributed by atoms with van der Waals surface area (Å²) in [6, 6.07) is 13.4. The van der Waals surface area contributed by atoms with Gasteiger partial charge in [0.05, 0.1) is 12.1 Å². The van der Waals surface area contributed by atoms with Crippen molar-refractivity contribution in [2.24, 2.45) is 0 Å². The summed E-state index contributed by atoms with van der Waals surface area (Å²) >= 11 is 0. The Bertz CT molecular complexity index is 348. The summed E-state index contributed by atoms with van der Waals surface area (Å²) in [4.78, 5) is 0. The van der Waals surface area contributed by atoms with Crippen molar-refractivity contribution in [1.82, 2.24) is 0 Å². The maximum atomic E-state index is 7.71. The van der Waals surface area contributed by atoms with Crippen LogP contribution in [0, 0.1) is 22.7 Å². The Kier molecular flexibility index (Phi) is 7.32. The number of nitrogens with zero attached hydrogens (tertiary/aromatic N) is 2. The van der Waals surface area contributed by atoms with Crippen LogP contribution in [0.15, 0.2) is 49.1 Å². The Morgan fingerprint density at radius 3 is 1.79 bits per heavy atom. The highest BCUT2D eigenvalue weighted by Gasteiger charge is 1.75.